The van der Waals surface area contributed by atoms with E-state index in [-0.39, 0.29) is 37.1 Å². The summed E-state index contributed by atoms with van der Waals surface area (Å²) in [5, 5.41) is 8.01. The molecule has 40 heavy (non-hydrogen) atoms. The Morgan fingerprint density at radius 2 is 1.38 bits per heavy atom. The predicted octanol–water partition coefficient (Wildman–Crippen LogP) is 3.76. The number of carbonyl (C=O) groups excluding carboxylic acids is 2. The summed E-state index contributed by atoms with van der Waals surface area (Å²) in [5.41, 5.74) is 2.84. The third kappa shape index (κ3) is 5.90. The highest BCUT2D eigenvalue weighted by molar-refractivity contribution is 7.24. The minimum atomic E-state index is 0.125. The highest BCUT2D eigenvalue weighted by Crippen LogP contribution is 2.37. The van der Waals surface area contributed by atoms with Crippen LogP contribution in [0.25, 0.3) is 20.4 Å². The number of rotatable bonds is 7. The van der Waals surface area contributed by atoms with E-state index in [1.165, 1.54) is 0 Å². The van der Waals surface area contributed by atoms with Gasteiger partial charge in [-0.3, -0.25) is 14.5 Å². The smallest absolute Gasteiger partial charge is 0.241 e. The molecule has 2 atom stereocenters. The summed E-state index contributed by atoms with van der Waals surface area (Å²) in [6, 6.07) is 2.65. The first-order valence-electron chi connectivity index (χ1n) is 14.5. The summed E-state index contributed by atoms with van der Waals surface area (Å²) < 4.78 is 8.02. The molecule has 3 aliphatic rings. The van der Waals surface area contributed by atoms with Gasteiger partial charge in [0.05, 0.1) is 45.7 Å². The number of anilines is 2. The van der Waals surface area contributed by atoms with Gasteiger partial charge >= 0.3 is 0 Å². The predicted molar refractivity (Wildman–Crippen MR) is 162 cm³/mol. The Kier molecular flexibility index (Phi) is 8.11. The quantitative estimate of drug-likeness (QED) is 0.432. The van der Waals surface area contributed by atoms with Gasteiger partial charge in [0.2, 0.25) is 11.8 Å². The molecule has 0 bridgehead atoms. The van der Waals surface area contributed by atoms with Crippen molar-refractivity contribution in [3.8, 4) is 0 Å². The lowest BCUT2D eigenvalue weighted by molar-refractivity contribution is -0.132. The first-order valence-corrected chi connectivity index (χ1v) is 16.1. The highest BCUT2D eigenvalue weighted by Gasteiger charge is 2.31. The second-order valence-corrected chi connectivity index (χ2v) is 13.4. The fraction of sp³-hybridized carbons (Fsp3) is 0.643. The van der Waals surface area contributed by atoms with E-state index < -0.39 is 0 Å². The van der Waals surface area contributed by atoms with Crippen molar-refractivity contribution in [3.63, 3.8) is 0 Å². The lowest BCUT2D eigenvalue weighted by Crippen LogP contribution is -2.54. The van der Waals surface area contributed by atoms with E-state index in [4.69, 9.17) is 14.7 Å². The lowest BCUT2D eigenvalue weighted by atomic mass is 10.0. The van der Waals surface area contributed by atoms with E-state index in [2.05, 4.69) is 35.4 Å². The van der Waals surface area contributed by atoms with Crippen LogP contribution >= 0.6 is 22.7 Å². The molecule has 3 aliphatic heterocycles. The number of piperidine rings is 1. The normalized spacial score (nSPS) is 22.9. The Bertz CT molecular complexity index is 1370. The molecule has 1 aromatic carbocycles. The van der Waals surface area contributed by atoms with Gasteiger partial charge in [0, 0.05) is 50.9 Å². The lowest BCUT2D eigenvalue weighted by Gasteiger charge is -2.43. The number of ether oxygens (including phenoxy) is 1. The molecule has 10 nitrogen and oxygen atoms in total. The number of amides is 2. The van der Waals surface area contributed by atoms with Crippen LogP contribution in [0.5, 0.6) is 0 Å². The maximum Gasteiger partial charge on any atom is 0.241 e. The van der Waals surface area contributed by atoms with Crippen molar-refractivity contribution in [2.24, 2.45) is 0 Å². The van der Waals surface area contributed by atoms with E-state index in [1.807, 2.05) is 16.7 Å². The number of thiazole rings is 2. The number of benzene rings is 1. The van der Waals surface area contributed by atoms with Gasteiger partial charge in [-0.25, -0.2) is 9.97 Å². The van der Waals surface area contributed by atoms with E-state index in [0.29, 0.717) is 6.04 Å². The summed E-state index contributed by atoms with van der Waals surface area (Å²) >= 11 is 3.13. The molecule has 3 saturated heterocycles. The second-order valence-electron chi connectivity index (χ2n) is 11.4. The molecule has 3 fully saturated rings. The van der Waals surface area contributed by atoms with Crippen LogP contribution in [-0.2, 0) is 14.3 Å². The van der Waals surface area contributed by atoms with Crippen molar-refractivity contribution < 1.29 is 14.3 Å². The Hall–Kier alpha value is -2.54. The van der Waals surface area contributed by atoms with E-state index in [0.717, 1.165) is 101 Å². The number of likely N-dealkylation sites (tertiary alicyclic amines) is 2. The summed E-state index contributed by atoms with van der Waals surface area (Å²) in [4.78, 5) is 41.4. The van der Waals surface area contributed by atoms with Gasteiger partial charge in [0.15, 0.2) is 10.3 Å². The van der Waals surface area contributed by atoms with Gasteiger partial charge in [-0.2, -0.15) is 0 Å². The number of carbonyl (C=O) groups is 2. The third-order valence-corrected chi connectivity index (χ3v) is 10.2. The molecule has 5 heterocycles. The fourth-order valence-electron chi connectivity index (χ4n) is 6.27. The molecule has 0 spiro atoms. The topological polar surface area (TPSA) is 103 Å². The van der Waals surface area contributed by atoms with Gasteiger partial charge < -0.3 is 25.2 Å². The number of aryl methyl sites for hydroxylation is 1. The molecule has 0 saturated carbocycles. The average Bonchev–Trinajstić information content (AvgIpc) is 3.70. The summed E-state index contributed by atoms with van der Waals surface area (Å²) in [5.74, 6) is 0.257. The van der Waals surface area contributed by atoms with Crippen molar-refractivity contribution in [3.05, 3.63) is 11.6 Å². The van der Waals surface area contributed by atoms with Crippen LogP contribution < -0.4 is 10.6 Å². The molecule has 2 amide bonds. The molecule has 2 N–H and O–H groups in total. The number of hydrogen-bond acceptors (Lipinski definition) is 10. The van der Waals surface area contributed by atoms with Gasteiger partial charge in [-0.05, 0) is 52.5 Å². The number of morpholine rings is 1. The van der Waals surface area contributed by atoms with Crippen LogP contribution in [-0.4, -0.2) is 107 Å². The van der Waals surface area contributed by atoms with Crippen LogP contribution in [0, 0.1) is 6.92 Å². The maximum absolute atomic E-state index is 13.0. The first-order chi connectivity index (χ1) is 19.3. The first kappa shape index (κ1) is 27.6. The Morgan fingerprint density at radius 3 is 1.90 bits per heavy atom. The van der Waals surface area contributed by atoms with Gasteiger partial charge in [-0.1, -0.05) is 22.7 Å². The van der Waals surface area contributed by atoms with Crippen molar-refractivity contribution in [1.82, 2.24) is 24.7 Å². The van der Waals surface area contributed by atoms with E-state index >= 15 is 0 Å². The van der Waals surface area contributed by atoms with Crippen LogP contribution in [0.4, 0.5) is 10.3 Å². The zero-order valence-electron chi connectivity index (χ0n) is 23.6. The average molecular weight is 586 g/mol. The number of nitrogens with zero attached hydrogens (tertiary/aromatic N) is 5. The summed E-state index contributed by atoms with van der Waals surface area (Å²) in [6.45, 7) is 12.1. The largest absolute Gasteiger partial charge is 0.373 e. The van der Waals surface area contributed by atoms with E-state index in [9.17, 15) is 9.59 Å². The molecule has 0 radical (unpaired) electrons. The monoisotopic (exact) mass is 585 g/mol. The van der Waals surface area contributed by atoms with Crippen molar-refractivity contribution in [1.29, 1.82) is 0 Å². The second kappa shape index (κ2) is 11.8. The number of fused-ring (bicyclic) bond motifs is 2. The van der Waals surface area contributed by atoms with Crippen molar-refractivity contribution in [2.45, 2.75) is 64.7 Å². The summed E-state index contributed by atoms with van der Waals surface area (Å²) in [6.07, 6.45) is 4.75. The standard InChI is InChI=1S/C28H39N7O3S2/c1-17-15-35(16-18(2)38-17)20-6-10-34(11-7-20)24(37)14-30-28-32-26-19(3)25-21(12-22(26)40-28)39-27(31-25)29-13-23(36)33-8-4-5-9-33/h12,17-18,20H,4-11,13-16H2,1-3H3,(H,29,31)(H,30,32). The minimum Gasteiger partial charge on any atom is -0.373 e. The molecule has 2 aromatic heterocycles. The molecule has 6 rings (SSSR count). The molecular weight excluding hydrogens is 546 g/mol. The number of aromatic nitrogens is 2. The molecular formula is C28H39N7O3S2. The minimum absolute atomic E-state index is 0.125. The zero-order chi connectivity index (χ0) is 27.8. The van der Waals surface area contributed by atoms with Crippen molar-refractivity contribution >= 4 is 65.2 Å². The molecule has 3 aromatic rings. The highest BCUT2D eigenvalue weighted by atomic mass is 32.1. The number of hydrogen-bond donors (Lipinski definition) is 2. The van der Waals surface area contributed by atoms with Crippen LogP contribution in [0.1, 0.15) is 45.1 Å². The van der Waals surface area contributed by atoms with Gasteiger partial charge in [0.25, 0.3) is 0 Å². The van der Waals surface area contributed by atoms with Gasteiger partial charge in [0.1, 0.15) is 0 Å². The Morgan fingerprint density at radius 1 is 0.875 bits per heavy atom. The fourth-order valence-corrected chi connectivity index (χ4v) is 8.27. The number of nitrogens with one attached hydrogen (secondary N) is 2. The SMILES string of the molecule is Cc1c2nc(NCC(=O)N3CCCC3)sc2cc2sc(NCC(=O)N3CCC(N4CC(C)OC(C)C4)CC3)nc12. The Balaban J connectivity index is 1.03. The zero-order valence-corrected chi connectivity index (χ0v) is 25.2. The third-order valence-electron chi connectivity index (χ3n) is 8.30. The molecule has 216 valence electrons. The van der Waals surface area contributed by atoms with Crippen LogP contribution in [0.3, 0.4) is 0 Å². The van der Waals surface area contributed by atoms with Crippen LogP contribution in [0.15, 0.2) is 6.07 Å². The van der Waals surface area contributed by atoms with Gasteiger partial charge in [-0.15, -0.1) is 0 Å². The molecule has 0 aliphatic carbocycles. The van der Waals surface area contributed by atoms with Crippen LogP contribution in [0.2, 0.25) is 0 Å². The Labute approximate surface area is 243 Å². The van der Waals surface area contributed by atoms with E-state index in [1.54, 1.807) is 22.7 Å². The maximum atomic E-state index is 13.0. The van der Waals surface area contributed by atoms with Crippen molar-refractivity contribution in [2.75, 3.05) is 63.0 Å². The molecule has 12 heteroatoms. The summed E-state index contributed by atoms with van der Waals surface area (Å²) in [7, 11) is 0. The molecule has 2 unspecified atom stereocenters.